The van der Waals surface area contributed by atoms with E-state index >= 15 is 0 Å². The predicted molar refractivity (Wildman–Crippen MR) is 40.5 cm³/mol. The van der Waals surface area contributed by atoms with Gasteiger partial charge in [-0.05, 0) is 12.8 Å². The van der Waals surface area contributed by atoms with Crippen LogP contribution in [0.4, 0.5) is 0 Å². The van der Waals surface area contributed by atoms with Crippen molar-refractivity contribution in [3.8, 4) is 0 Å². The van der Waals surface area contributed by atoms with Gasteiger partial charge in [-0.2, -0.15) is 0 Å². The van der Waals surface area contributed by atoms with E-state index in [0.717, 1.165) is 12.6 Å². The van der Waals surface area contributed by atoms with Crippen LogP contribution >= 0.6 is 0 Å². The van der Waals surface area contributed by atoms with Crippen LogP contribution in [-0.4, -0.2) is 12.6 Å². The maximum Gasteiger partial charge on any atom is 0.0137 e. The maximum atomic E-state index is 3.43. The lowest BCUT2D eigenvalue weighted by Crippen LogP contribution is -2.30. The molecular formula is C8H15N. The highest BCUT2D eigenvalue weighted by Gasteiger charge is 2.05. The molecule has 0 aromatic heterocycles. The number of nitrogens with one attached hydrogen (secondary N) is 1. The molecule has 0 radical (unpaired) electrons. The zero-order valence-corrected chi connectivity index (χ0v) is 6.06. The molecule has 1 aliphatic rings. The van der Waals surface area contributed by atoms with E-state index in [0.29, 0.717) is 0 Å². The Morgan fingerprint density at radius 3 is 3.00 bits per heavy atom. The number of hydrogen-bond acceptors (Lipinski definition) is 1. The Balaban J connectivity index is 2.18. The minimum absolute atomic E-state index is 0.764. The molecule has 0 spiro atoms. The van der Waals surface area contributed by atoms with Gasteiger partial charge in [-0.15, -0.1) is 0 Å². The van der Waals surface area contributed by atoms with E-state index < -0.39 is 0 Å². The van der Waals surface area contributed by atoms with Crippen LogP contribution in [0.15, 0.2) is 12.2 Å². The molecule has 1 heterocycles. The van der Waals surface area contributed by atoms with E-state index in [2.05, 4.69) is 24.4 Å². The molecule has 0 amide bonds. The second-order valence-electron chi connectivity index (χ2n) is 2.60. The van der Waals surface area contributed by atoms with Crippen LogP contribution in [0.1, 0.15) is 26.2 Å². The fraction of sp³-hybridized carbons (Fsp3) is 0.750. The van der Waals surface area contributed by atoms with Crippen molar-refractivity contribution in [2.24, 2.45) is 0 Å². The largest absolute Gasteiger partial charge is 0.310 e. The smallest absolute Gasteiger partial charge is 0.0137 e. The minimum atomic E-state index is 0.764. The normalized spacial score (nSPS) is 26.6. The Kier molecular flexibility index (Phi) is 2.78. The molecule has 0 aromatic rings. The first-order valence-electron chi connectivity index (χ1n) is 3.82. The molecule has 9 heavy (non-hydrogen) atoms. The monoisotopic (exact) mass is 125 g/mol. The summed E-state index contributed by atoms with van der Waals surface area (Å²) in [7, 11) is 0. The Bertz CT molecular complexity index is 96.7. The van der Waals surface area contributed by atoms with Crippen molar-refractivity contribution < 1.29 is 0 Å². The van der Waals surface area contributed by atoms with Crippen molar-refractivity contribution in [3.05, 3.63) is 12.2 Å². The quantitative estimate of drug-likeness (QED) is 0.554. The van der Waals surface area contributed by atoms with Gasteiger partial charge in [0.1, 0.15) is 0 Å². The molecule has 0 bridgehead atoms. The zero-order valence-electron chi connectivity index (χ0n) is 6.06. The van der Waals surface area contributed by atoms with Gasteiger partial charge in [0, 0.05) is 12.6 Å². The average molecular weight is 125 g/mol. The van der Waals surface area contributed by atoms with Gasteiger partial charge in [-0.3, -0.25) is 0 Å². The zero-order chi connectivity index (χ0) is 6.53. The minimum Gasteiger partial charge on any atom is -0.310 e. The lowest BCUT2D eigenvalue weighted by atomic mass is 10.1. The highest BCUT2D eigenvalue weighted by Crippen LogP contribution is 2.05. The Morgan fingerprint density at radius 2 is 2.44 bits per heavy atom. The van der Waals surface area contributed by atoms with Gasteiger partial charge in [0.15, 0.2) is 0 Å². The van der Waals surface area contributed by atoms with Gasteiger partial charge in [0.05, 0.1) is 0 Å². The maximum absolute atomic E-state index is 3.43. The summed E-state index contributed by atoms with van der Waals surface area (Å²) >= 11 is 0. The standard InChI is InChI=1S/C8H15N/c1-2-5-8-6-3-4-7-9-8/h3-4,8-9H,2,5-7H2,1H3/t8-/m0/s1. The lowest BCUT2D eigenvalue weighted by molar-refractivity contribution is 0.489. The lowest BCUT2D eigenvalue weighted by Gasteiger charge is -2.18. The van der Waals surface area contributed by atoms with E-state index in [4.69, 9.17) is 0 Å². The second kappa shape index (κ2) is 3.67. The van der Waals surface area contributed by atoms with Gasteiger partial charge >= 0.3 is 0 Å². The fourth-order valence-corrected chi connectivity index (χ4v) is 1.23. The summed E-state index contributed by atoms with van der Waals surface area (Å²) in [4.78, 5) is 0. The van der Waals surface area contributed by atoms with Gasteiger partial charge < -0.3 is 5.32 Å². The molecule has 52 valence electrons. The Morgan fingerprint density at radius 1 is 1.56 bits per heavy atom. The number of rotatable bonds is 2. The highest BCUT2D eigenvalue weighted by molar-refractivity contribution is 4.93. The van der Waals surface area contributed by atoms with Gasteiger partial charge in [-0.1, -0.05) is 25.5 Å². The molecule has 1 aliphatic heterocycles. The van der Waals surface area contributed by atoms with Crippen LogP contribution in [0.25, 0.3) is 0 Å². The first-order valence-corrected chi connectivity index (χ1v) is 3.82. The van der Waals surface area contributed by atoms with Crippen molar-refractivity contribution in [1.29, 1.82) is 0 Å². The fourth-order valence-electron chi connectivity index (χ4n) is 1.23. The van der Waals surface area contributed by atoms with Crippen molar-refractivity contribution in [1.82, 2.24) is 5.32 Å². The van der Waals surface area contributed by atoms with Crippen molar-refractivity contribution in [3.63, 3.8) is 0 Å². The second-order valence-corrected chi connectivity index (χ2v) is 2.60. The molecular weight excluding hydrogens is 110 g/mol. The molecule has 0 unspecified atom stereocenters. The molecule has 1 heteroatoms. The summed E-state index contributed by atoms with van der Waals surface area (Å²) < 4.78 is 0. The third-order valence-corrected chi connectivity index (χ3v) is 1.75. The van der Waals surface area contributed by atoms with Crippen LogP contribution in [0.3, 0.4) is 0 Å². The molecule has 1 nitrogen and oxygen atoms in total. The van der Waals surface area contributed by atoms with Gasteiger partial charge in [-0.25, -0.2) is 0 Å². The van der Waals surface area contributed by atoms with Crippen molar-refractivity contribution >= 4 is 0 Å². The summed E-state index contributed by atoms with van der Waals surface area (Å²) in [5.41, 5.74) is 0. The van der Waals surface area contributed by atoms with E-state index in [1.54, 1.807) is 0 Å². The molecule has 1 N–H and O–H groups in total. The van der Waals surface area contributed by atoms with Crippen molar-refractivity contribution in [2.75, 3.05) is 6.54 Å². The molecule has 1 atom stereocenters. The third-order valence-electron chi connectivity index (χ3n) is 1.75. The van der Waals surface area contributed by atoms with Gasteiger partial charge in [0.2, 0.25) is 0 Å². The van der Waals surface area contributed by atoms with E-state index in [1.165, 1.54) is 19.3 Å². The molecule has 0 aliphatic carbocycles. The SMILES string of the molecule is CCC[C@H]1CC=CCN1. The highest BCUT2D eigenvalue weighted by atomic mass is 14.9. The van der Waals surface area contributed by atoms with Crippen LogP contribution in [0.2, 0.25) is 0 Å². The first kappa shape index (κ1) is 6.81. The predicted octanol–water partition coefficient (Wildman–Crippen LogP) is 1.70. The topological polar surface area (TPSA) is 12.0 Å². The molecule has 0 saturated heterocycles. The Hall–Kier alpha value is -0.300. The number of hydrogen-bond donors (Lipinski definition) is 1. The van der Waals surface area contributed by atoms with Crippen LogP contribution in [0, 0.1) is 0 Å². The van der Waals surface area contributed by atoms with Crippen LogP contribution in [-0.2, 0) is 0 Å². The summed E-state index contributed by atoms with van der Waals surface area (Å²) in [6.07, 6.45) is 8.33. The first-order chi connectivity index (χ1) is 4.43. The van der Waals surface area contributed by atoms with E-state index in [9.17, 15) is 0 Å². The molecule has 1 rings (SSSR count). The van der Waals surface area contributed by atoms with Crippen LogP contribution in [0.5, 0.6) is 0 Å². The van der Waals surface area contributed by atoms with E-state index in [-0.39, 0.29) is 0 Å². The van der Waals surface area contributed by atoms with Gasteiger partial charge in [0.25, 0.3) is 0 Å². The van der Waals surface area contributed by atoms with Crippen molar-refractivity contribution in [2.45, 2.75) is 32.2 Å². The molecule has 0 fully saturated rings. The van der Waals surface area contributed by atoms with E-state index in [1.807, 2.05) is 0 Å². The summed E-state index contributed by atoms with van der Waals surface area (Å²) in [6.45, 7) is 3.31. The Labute approximate surface area is 57.1 Å². The summed E-state index contributed by atoms with van der Waals surface area (Å²) in [6, 6.07) is 0.764. The summed E-state index contributed by atoms with van der Waals surface area (Å²) in [5, 5.41) is 3.43. The third kappa shape index (κ3) is 2.19. The molecule has 0 saturated carbocycles. The van der Waals surface area contributed by atoms with Crippen LogP contribution < -0.4 is 5.32 Å². The average Bonchev–Trinajstić information content (AvgIpc) is 1.91. The molecule has 0 aromatic carbocycles. The summed E-state index contributed by atoms with van der Waals surface area (Å²) in [5.74, 6) is 0.